The first kappa shape index (κ1) is 14.6. The maximum atomic E-state index is 9.52. The number of halogens is 3. The molecule has 0 saturated heterocycles. The molecule has 0 saturated carbocycles. The number of rotatable bonds is 6. The van der Waals surface area contributed by atoms with Gasteiger partial charge in [-0.3, -0.25) is 0 Å². The lowest BCUT2D eigenvalue weighted by Gasteiger charge is -2.20. The molecule has 1 N–H and O–H groups in total. The highest BCUT2D eigenvalue weighted by atomic mass is 35.6. The number of aliphatic hydroxyl groups excluding tert-OH is 1. The fourth-order valence-corrected chi connectivity index (χ4v) is 1.61. The van der Waals surface area contributed by atoms with Crippen LogP contribution in [-0.4, -0.2) is 15.0 Å². The van der Waals surface area contributed by atoms with E-state index in [1.54, 1.807) is 0 Å². The van der Waals surface area contributed by atoms with Gasteiger partial charge in [0.25, 0.3) is 0 Å². The van der Waals surface area contributed by atoms with Gasteiger partial charge in [-0.05, 0) is 18.4 Å². The van der Waals surface area contributed by atoms with Crippen LogP contribution in [0.15, 0.2) is 12.2 Å². The van der Waals surface area contributed by atoms with Gasteiger partial charge < -0.3 is 5.11 Å². The minimum absolute atomic E-state index is 0.598. The molecule has 0 bridgehead atoms. The zero-order chi connectivity index (χ0) is 11.2. The molecule has 0 rings (SSSR count). The topological polar surface area (TPSA) is 20.2 Å². The Labute approximate surface area is 101 Å². The molecule has 1 unspecified atom stereocenters. The van der Waals surface area contributed by atoms with Gasteiger partial charge in [-0.15, -0.1) is 0 Å². The minimum Gasteiger partial charge on any atom is -0.384 e. The highest BCUT2D eigenvalue weighted by Gasteiger charge is 2.32. The monoisotopic (exact) mass is 258 g/mol. The molecule has 0 heterocycles. The van der Waals surface area contributed by atoms with Crippen LogP contribution in [0.4, 0.5) is 0 Å². The average Bonchev–Trinajstić information content (AvgIpc) is 2.09. The summed E-state index contributed by atoms with van der Waals surface area (Å²) in [6.07, 6.45) is 4.15. The van der Waals surface area contributed by atoms with Crippen molar-refractivity contribution >= 4 is 34.8 Å². The summed E-state index contributed by atoms with van der Waals surface area (Å²) in [4.78, 5) is 0. The molecule has 0 spiro atoms. The maximum absolute atomic E-state index is 9.52. The van der Waals surface area contributed by atoms with Gasteiger partial charge in [-0.1, -0.05) is 67.6 Å². The van der Waals surface area contributed by atoms with Gasteiger partial charge in [0.1, 0.15) is 6.10 Å². The van der Waals surface area contributed by atoms with Gasteiger partial charge in [-0.25, -0.2) is 0 Å². The molecule has 0 radical (unpaired) electrons. The molecule has 1 atom stereocenters. The van der Waals surface area contributed by atoms with Crippen molar-refractivity contribution in [2.75, 3.05) is 0 Å². The van der Waals surface area contributed by atoms with Crippen LogP contribution in [0.3, 0.4) is 0 Å². The molecule has 1 nitrogen and oxygen atoms in total. The molecule has 0 aliphatic rings. The van der Waals surface area contributed by atoms with Crippen molar-refractivity contribution in [2.24, 2.45) is 0 Å². The van der Waals surface area contributed by atoms with E-state index in [2.05, 4.69) is 13.5 Å². The van der Waals surface area contributed by atoms with E-state index in [1.807, 2.05) is 0 Å². The average molecular weight is 260 g/mol. The van der Waals surface area contributed by atoms with Crippen LogP contribution in [-0.2, 0) is 0 Å². The fraction of sp³-hybridized carbons (Fsp3) is 0.800. The third kappa shape index (κ3) is 6.13. The summed E-state index contributed by atoms with van der Waals surface area (Å²) in [6, 6.07) is 0. The van der Waals surface area contributed by atoms with Crippen molar-refractivity contribution in [2.45, 2.75) is 48.9 Å². The molecule has 14 heavy (non-hydrogen) atoms. The summed E-state index contributed by atoms with van der Waals surface area (Å²) in [6.45, 7) is 5.86. The third-order valence-corrected chi connectivity index (χ3v) is 2.67. The van der Waals surface area contributed by atoms with Crippen LogP contribution in [0.25, 0.3) is 0 Å². The summed E-state index contributed by atoms with van der Waals surface area (Å²) in [5.41, 5.74) is 0.598. The Balaban J connectivity index is 3.74. The summed E-state index contributed by atoms with van der Waals surface area (Å²) >= 11 is 16.6. The molecule has 0 aliphatic heterocycles. The molecule has 0 aliphatic carbocycles. The van der Waals surface area contributed by atoms with Crippen molar-refractivity contribution in [3.63, 3.8) is 0 Å². The molecular formula is C10H17Cl3O. The van der Waals surface area contributed by atoms with E-state index in [9.17, 15) is 5.11 Å². The van der Waals surface area contributed by atoms with E-state index in [4.69, 9.17) is 34.8 Å². The van der Waals surface area contributed by atoms with Crippen LogP contribution in [0, 0.1) is 0 Å². The van der Waals surface area contributed by atoms with Crippen molar-refractivity contribution in [3.05, 3.63) is 12.2 Å². The molecule has 4 heteroatoms. The molecule has 84 valence electrons. The number of unbranched alkanes of at least 4 members (excludes halogenated alkanes) is 3. The van der Waals surface area contributed by atoms with Crippen LogP contribution < -0.4 is 0 Å². The van der Waals surface area contributed by atoms with Crippen molar-refractivity contribution in [3.8, 4) is 0 Å². The Kier molecular flexibility index (Phi) is 7.23. The standard InChI is InChI=1S/C10H17Cl3O/c1-3-4-5-6-7-8(2)9(14)10(11,12)13/h9,14H,2-7H2,1H3. The zero-order valence-corrected chi connectivity index (χ0v) is 10.7. The van der Waals surface area contributed by atoms with E-state index >= 15 is 0 Å². The Morgan fingerprint density at radius 1 is 1.29 bits per heavy atom. The number of hydrogen-bond acceptors (Lipinski definition) is 1. The van der Waals surface area contributed by atoms with Crippen molar-refractivity contribution < 1.29 is 5.11 Å². The van der Waals surface area contributed by atoms with Crippen LogP contribution in [0.1, 0.15) is 39.0 Å². The second-order valence-electron chi connectivity index (χ2n) is 3.41. The van der Waals surface area contributed by atoms with Gasteiger partial charge in [0, 0.05) is 0 Å². The number of alkyl halides is 3. The fourth-order valence-electron chi connectivity index (χ4n) is 1.15. The predicted molar refractivity (Wildman–Crippen MR) is 64.2 cm³/mol. The van der Waals surface area contributed by atoms with Crippen molar-refractivity contribution in [1.82, 2.24) is 0 Å². The Hall–Kier alpha value is 0.570. The molecule has 0 aromatic heterocycles. The predicted octanol–water partition coefficient (Wildman–Crippen LogP) is 4.24. The molecule has 0 aromatic carbocycles. The first-order valence-electron chi connectivity index (χ1n) is 4.82. The first-order valence-corrected chi connectivity index (χ1v) is 5.95. The maximum Gasteiger partial charge on any atom is 0.219 e. The Bertz CT molecular complexity index is 175. The quantitative estimate of drug-likeness (QED) is 0.430. The second kappa shape index (κ2) is 6.95. The minimum atomic E-state index is -1.65. The van der Waals surface area contributed by atoms with Crippen LogP contribution in [0.2, 0.25) is 0 Å². The largest absolute Gasteiger partial charge is 0.384 e. The number of aliphatic hydroxyl groups is 1. The highest BCUT2D eigenvalue weighted by molar-refractivity contribution is 6.68. The summed E-state index contributed by atoms with van der Waals surface area (Å²) in [7, 11) is 0. The smallest absolute Gasteiger partial charge is 0.219 e. The Morgan fingerprint density at radius 3 is 2.29 bits per heavy atom. The van der Waals surface area contributed by atoms with E-state index in [1.165, 1.54) is 12.8 Å². The zero-order valence-electron chi connectivity index (χ0n) is 8.40. The molecule has 0 amide bonds. The normalized spacial score (nSPS) is 14.1. The molecular weight excluding hydrogens is 242 g/mol. The summed E-state index contributed by atoms with van der Waals surface area (Å²) in [5, 5.41) is 9.52. The van der Waals surface area contributed by atoms with Gasteiger partial charge in [0.15, 0.2) is 0 Å². The highest BCUT2D eigenvalue weighted by Crippen LogP contribution is 2.34. The first-order chi connectivity index (χ1) is 6.39. The van der Waals surface area contributed by atoms with Gasteiger partial charge in [-0.2, -0.15) is 0 Å². The molecule has 0 aromatic rings. The van der Waals surface area contributed by atoms with E-state index in [-0.39, 0.29) is 0 Å². The van der Waals surface area contributed by atoms with Crippen LogP contribution in [0.5, 0.6) is 0 Å². The van der Waals surface area contributed by atoms with E-state index in [0.29, 0.717) is 5.57 Å². The third-order valence-electron chi connectivity index (χ3n) is 2.05. The van der Waals surface area contributed by atoms with Crippen LogP contribution >= 0.6 is 34.8 Å². The van der Waals surface area contributed by atoms with Gasteiger partial charge in [0.05, 0.1) is 0 Å². The molecule has 0 fully saturated rings. The lowest BCUT2D eigenvalue weighted by molar-refractivity contribution is 0.210. The SMILES string of the molecule is C=C(CCCCCC)C(O)C(Cl)(Cl)Cl. The lowest BCUT2D eigenvalue weighted by Crippen LogP contribution is -2.26. The Morgan fingerprint density at radius 2 is 1.86 bits per heavy atom. The second-order valence-corrected chi connectivity index (χ2v) is 5.78. The van der Waals surface area contributed by atoms with Gasteiger partial charge >= 0.3 is 0 Å². The number of hydrogen-bond donors (Lipinski definition) is 1. The van der Waals surface area contributed by atoms with E-state index in [0.717, 1.165) is 19.3 Å². The van der Waals surface area contributed by atoms with Gasteiger partial charge in [0.2, 0.25) is 3.79 Å². The van der Waals surface area contributed by atoms with E-state index < -0.39 is 9.90 Å². The lowest BCUT2D eigenvalue weighted by atomic mass is 10.0. The summed E-state index contributed by atoms with van der Waals surface area (Å²) < 4.78 is -1.65. The van der Waals surface area contributed by atoms with Crippen molar-refractivity contribution in [1.29, 1.82) is 0 Å². The summed E-state index contributed by atoms with van der Waals surface area (Å²) in [5.74, 6) is 0.